The van der Waals surface area contributed by atoms with Crippen LogP contribution in [0.3, 0.4) is 0 Å². The molecule has 0 aliphatic heterocycles. The van der Waals surface area contributed by atoms with E-state index >= 15 is 0 Å². The summed E-state index contributed by atoms with van der Waals surface area (Å²) in [6, 6.07) is 1.39. The van der Waals surface area contributed by atoms with Gasteiger partial charge in [0.2, 0.25) is 5.95 Å². The van der Waals surface area contributed by atoms with E-state index in [1.54, 1.807) is 35.6 Å². The fourth-order valence-corrected chi connectivity index (χ4v) is 3.82. The summed E-state index contributed by atoms with van der Waals surface area (Å²) in [7, 11) is 0. The van der Waals surface area contributed by atoms with Gasteiger partial charge in [0.25, 0.3) is 5.91 Å². The van der Waals surface area contributed by atoms with Crippen LogP contribution in [-0.2, 0) is 0 Å². The fraction of sp³-hybridized carbons (Fsp3) is 0.500. The molecule has 0 aromatic carbocycles. The summed E-state index contributed by atoms with van der Waals surface area (Å²) >= 11 is 0. The number of halogens is 3. The average molecular weight is 435 g/mol. The van der Waals surface area contributed by atoms with E-state index in [1.807, 2.05) is 0 Å². The van der Waals surface area contributed by atoms with Crippen molar-refractivity contribution in [3.05, 3.63) is 36.7 Å². The molecule has 11 heteroatoms. The van der Waals surface area contributed by atoms with Crippen LogP contribution in [0.1, 0.15) is 50.0 Å². The first-order valence-electron chi connectivity index (χ1n) is 10.1. The second-order valence-electron chi connectivity index (χ2n) is 8.37. The zero-order valence-electron chi connectivity index (χ0n) is 17.2. The molecule has 1 saturated carbocycles. The Morgan fingerprint density at radius 2 is 1.87 bits per heavy atom. The number of alkyl halides is 3. The van der Waals surface area contributed by atoms with Crippen molar-refractivity contribution in [2.45, 2.75) is 63.3 Å². The number of amides is 1. The highest BCUT2D eigenvalue weighted by molar-refractivity contribution is 6.03. The normalized spacial score (nSPS) is 20.2. The Labute approximate surface area is 176 Å². The van der Waals surface area contributed by atoms with E-state index in [0.29, 0.717) is 42.7 Å². The van der Waals surface area contributed by atoms with Gasteiger partial charge in [0, 0.05) is 30.7 Å². The lowest BCUT2D eigenvalue weighted by molar-refractivity contribution is -0.188. The molecule has 0 unspecified atom stereocenters. The van der Waals surface area contributed by atoms with Gasteiger partial charge in [-0.3, -0.25) is 9.36 Å². The number of carbonyl (C=O) groups is 1. The Balaban J connectivity index is 1.43. The first-order valence-corrected chi connectivity index (χ1v) is 10.1. The number of aromatic nitrogens is 5. The van der Waals surface area contributed by atoms with Crippen LogP contribution in [0, 0.1) is 0 Å². The molecular formula is C20H24F3N7O. The molecule has 0 spiro atoms. The van der Waals surface area contributed by atoms with Crippen LogP contribution in [0.4, 0.5) is 13.2 Å². The van der Waals surface area contributed by atoms with Crippen LogP contribution in [0.2, 0.25) is 0 Å². The second kappa shape index (κ2) is 7.95. The molecule has 1 aliphatic carbocycles. The van der Waals surface area contributed by atoms with Gasteiger partial charge in [0.05, 0.1) is 11.0 Å². The number of rotatable bonds is 5. The van der Waals surface area contributed by atoms with E-state index in [1.165, 1.54) is 0 Å². The summed E-state index contributed by atoms with van der Waals surface area (Å²) in [4.78, 5) is 28.8. The van der Waals surface area contributed by atoms with Gasteiger partial charge in [0.1, 0.15) is 11.9 Å². The summed E-state index contributed by atoms with van der Waals surface area (Å²) in [5.74, 6) is -0.0136. The zero-order valence-corrected chi connectivity index (χ0v) is 17.2. The number of carbonyl (C=O) groups excluding carboxylic acids is 1. The molecule has 166 valence electrons. The zero-order chi connectivity index (χ0) is 22.2. The number of hydrogen-bond acceptors (Lipinski definition) is 5. The minimum Gasteiger partial charge on any atom is -0.358 e. The van der Waals surface area contributed by atoms with Crippen molar-refractivity contribution in [1.29, 1.82) is 0 Å². The summed E-state index contributed by atoms with van der Waals surface area (Å²) in [5, 5.41) is 5.69. The van der Waals surface area contributed by atoms with Gasteiger partial charge in [-0.05, 0) is 45.6 Å². The summed E-state index contributed by atoms with van der Waals surface area (Å²) in [6.45, 7) is 2.30. The van der Waals surface area contributed by atoms with Crippen molar-refractivity contribution in [3.63, 3.8) is 0 Å². The lowest BCUT2D eigenvalue weighted by Gasteiger charge is -2.37. The van der Waals surface area contributed by atoms with Crippen molar-refractivity contribution in [2.75, 3.05) is 0 Å². The number of H-pyrrole nitrogens is 1. The van der Waals surface area contributed by atoms with Gasteiger partial charge in [-0.15, -0.1) is 0 Å². The predicted octanol–water partition coefficient (Wildman–Crippen LogP) is 3.12. The maximum Gasteiger partial charge on any atom is 0.406 e. The monoisotopic (exact) mass is 435 g/mol. The molecule has 4 rings (SSSR count). The Kier molecular flexibility index (Phi) is 5.46. The first kappa shape index (κ1) is 21.3. The lowest BCUT2D eigenvalue weighted by Crippen LogP contribution is -2.57. The van der Waals surface area contributed by atoms with E-state index in [4.69, 9.17) is 0 Å². The molecule has 3 aromatic heterocycles. The Bertz CT molecular complexity index is 1050. The maximum absolute atomic E-state index is 13.1. The smallest absolute Gasteiger partial charge is 0.358 e. The molecule has 31 heavy (non-hydrogen) atoms. The van der Waals surface area contributed by atoms with Gasteiger partial charge >= 0.3 is 6.18 Å². The third-order valence-corrected chi connectivity index (χ3v) is 5.68. The van der Waals surface area contributed by atoms with E-state index in [0.717, 1.165) is 13.8 Å². The molecule has 3 heterocycles. The van der Waals surface area contributed by atoms with Crippen LogP contribution in [-0.4, -0.2) is 54.2 Å². The molecule has 1 amide bonds. The number of nitrogens with one attached hydrogen (secondary N) is 3. The topological polar surface area (TPSA) is 101 Å². The minimum atomic E-state index is -4.32. The van der Waals surface area contributed by atoms with Crippen LogP contribution >= 0.6 is 0 Å². The van der Waals surface area contributed by atoms with Gasteiger partial charge in [-0.2, -0.15) is 13.2 Å². The molecule has 3 aromatic rings. The third kappa shape index (κ3) is 4.41. The molecular weight excluding hydrogens is 411 g/mol. The number of fused-ring (bicyclic) bond motifs is 1. The van der Waals surface area contributed by atoms with Gasteiger partial charge in [0.15, 0.2) is 5.69 Å². The second-order valence-corrected chi connectivity index (χ2v) is 8.37. The van der Waals surface area contributed by atoms with Gasteiger partial charge < -0.3 is 15.6 Å². The minimum absolute atomic E-state index is 0.128. The summed E-state index contributed by atoms with van der Waals surface area (Å²) in [6.07, 6.45) is 4.47. The van der Waals surface area contributed by atoms with Crippen LogP contribution < -0.4 is 10.6 Å². The van der Waals surface area contributed by atoms with Crippen molar-refractivity contribution in [1.82, 2.24) is 35.1 Å². The van der Waals surface area contributed by atoms with E-state index in [9.17, 15) is 18.0 Å². The molecule has 0 atom stereocenters. The Morgan fingerprint density at radius 3 is 2.52 bits per heavy atom. The van der Waals surface area contributed by atoms with Crippen LogP contribution in [0.25, 0.3) is 17.0 Å². The van der Waals surface area contributed by atoms with Crippen molar-refractivity contribution in [3.8, 4) is 5.95 Å². The highest BCUT2D eigenvalue weighted by Gasteiger charge is 2.48. The molecule has 0 radical (unpaired) electrons. The number of imidazole rings is 1. The molecule has 8 nitrogen and oxygen atoms in total. The van der Waals surface area contributed by atoms with E-state index < -0.39 is 11.7 Å². The summed E-state index contributed by atoms with van der Waals surface area (Å²) in [5.41, 5.74) is -0.593. The standard InChI is InChI=1S/C20H24F3N7O/c1-19(2,20(21,22)23)29-13-5-3-12(4-6-13)26-17(31)16-15-14(7-8-25-15)27-18(28-16)30-10-9-24-11-30/h7-13,25,29H,3-6H2,1-2H3,(H,26,31). The van der Waals surface area contributed by atoms with Crippen LogP contribution in [0.15, 0.2) is 31.0 Å². The molecule has 0 saturated heterocycles. The SMILES string of the molecule is CC(C)(NC1CCC(NC(=O)c2nc(-n3ccnc3)nc3cc[nH]c23)CC1)C(F)(F)F. The fourth-order valence-electron chi connectivity index (χ4n) is 3.82. The average Bonchev–Trinajstić information content (AvgIpc) is 3.39. The highest BCUT2D eigenvalue weighted by Crippen LogP contribution is 2.32. The van der Waals surface area contributed by atoms with Crippen molar-refractivity contribution < 1.29 is 18.0 Å². The highest BCUT2D eigenvalue weighted by atomic mass is 19.4. The quantitative estimate of drug-likeness (QED) is 0.572. The number of hydrogen-bond donors (Lipinski definition) is 3. The van der Waals surface area contributed by atoms with E-state index in [-0.39, 0.29) is 23.7 Å². The van der Waals surface area contributed by atoms with E-state index in [2.05, 4.69) is 30.6 Å². The molecule has 1 aliphatic rings. The Morgan fingerprint density at radius 1 is 1.16 bits per heavy atom. The number of aromatic amines is 1. The van der Waals surface area contributed by atoms with Crippen molar-refractivity contribution >= 4 is 16.9 Å². The third-order valence-electron chi connectivity index (χ3n) is 5.68. The van der Waals surface area contributed by atoms with Gasteiger partial charge in [-0.1, -0.05) is 0 Å². The number of nitrogens with zero attached hydrogens (tertiary/aromatic N) is 4. The predicted molar refractivity (Wildman–Crippen MR) is 108 cm³/mol. The molecule has 1 fully saturated rings. The maximum atomic E-state index is 13.1. The first-order chi connectivity index (χ1) is 14.6. The molecule has 3 N–H and O–H groups in total. The largest absolute Gasteiger partial charge is 0.406 e. The molecule has 0 bridgehead atoms. The lowest BCUT2D eigenvalue weighted by atomic mass is 9.89. The van der Waals surface area contributed by atoms with Gasteiger partial charge in [-0.25, -0.2) is 15.0 Å². The Hall–Kier alpha value is -2.95. The summed E-state index contributed by atoms with van der Waals surface area (Å²) < 4.78 is 41.0. The van der Waals surface area contributed by atoms with Crippen molar-refractivity contribution in [2.24, 2.45) is 0 Å². The van der Waals surface area contributed by atoms with Crippen LogP contribution in [0.5, 0.6) is 0 Å².